The summed E-state index contributed by atoms with van der Waals surface area (Å²) in [7, 11) is 0. The molecule has 0 bridgehead atoms. The van der Waals surface area contributed by atoms with Crippen LogP contribution in [-0.2, 0) is 13.1 Å². The van der Waals surface area contributed by atoms with Crippen LogP contribution >= 0.6 is 23.2 Å². The average Bonchev–Trinajstić information content (AvgIpc) is 3.06. The van der Waals surface area contributed by atoms with E-state index in [1.165, 1.54) is 18.3 Å². The minimum Gasteiger partial charge on any atom is -0.327 e. The minimum absolute atomic E-state index is 0.0361. The van der Waals surface area contributed by atoms with Crippen LogP contribution in [0.5, 0.6) is 0 Å². The van der Waals surface area contributed by atoms with E-state index < -0.39 is 5.82 Å². The first kappa shape index (κ1) is 17.9. The van der Waals surface area contributed by atoms with Gasteiger partial charge in [0.2, 0.25) is 5.28 Å². The molecule has 6 nitrogen and oxygen atoms in total. The van der Waals surface area contributed by atoms with Crippen molar-refractivity contribution >= 4 is 29.1 Å². The smallest absolute Gasteiger partial charge is 0.290 e. The summed E-state index contributed by atoms with van der Waals surface area (Å²) in [5.74, 6) is -0.367. The number of hydrogen-bond donors (Lipinski definition) is 0. The van der Waals surface area contributed by atoms with Gasteiger partial charge in [0.25, 0.3) is 5.91 Å². The molecule has 0 fully saturated rings. The predicted octanol–water partition coefficient (Wildman–Crippen LogP) is 3.83. The van der Waals surface area contributed by atoms with E-state index in [1.807, 2.05) is 11.5 Å². The molecule has 0 radical (unpaired) electrons. The number of hydrogen-bond acceptors (Lipinski definition) is 4. The van der Waals surface area contributed by atoms with Crippen molar-refractivity contribution in [1.29, 1.82) is 0 Å². The van der Waals surface area contributed by atoms with Gasteiger partial charge >= 0.3 is 0 Å². The van der Waals surface area contributed by atoms with Crippen LogP contribution in [0.4, 0.5) is 4.39 Å². The zero-order valence-corrected chi connectivity index (χ0v) is 15.7. The number of amides is 1. The molecule has 0 saturated carbocycles. The third-order valence-corrected chi connectivity index (χ3v) is 4.92. The first-order valence-electron chi connectivity index (χ1n) is 8.23. The van der Waals surface area contributed by atoms with E-state index in [2.05, 4.69) is 15.0 Å². The summed E-state index contributed by atoms with van der Waals surface area (Å²) in [6.45, 7) is 2.86. The average molecular weight is 406 g/mol. The molecule has 1 aromatic carbocycles. The monoisotopic (exact) mass is 405 g/mol. The van der Waals surface area contributed by atoms with Crippen LogP contribution in [-0.4, -0.2) is 36.4 Å². The number of carbonyl (C=O) groups is 1. The van der Waals surface area contributed by atoms with Crippen molar-refractivity contribution in [1.82, 2.24) is 24.4 Å². The molecule has 1 atom stereocenters. The summed E-state index contributed by atoms with van der Waals surface area (Å²) < 4.78 is 15.2. The zero-order valence-electron chi connectivity index (χ0n) is 14.2. The van der Waals surface area contributed by atoms with Crippen LogP contribution in [0, 0.1) is 5.82 Å². The Bertz CT molecular complexity index is 1040. The predicted molar refractivity (Wildman–Crippen MR) is 99.0 cm³/mol. The van der Waals surface area contributed by atoms with E-state index in [0.717, 1.165) is 5.56 Å². The van der Waals surface area contributed by atoms with E-state index >= 15 is 0 Å². The van der Waals surface area contributed by atoms with Crippen LogP contribution in [0.2, 0.25) is 10.3 Å². The summed E-state index contributed by atoms with van der Waals surface area (Å²) in [5, 5.41) is 0.155. The van der Waals surface area contributed by atoms with E-state index in [0.29, 0.717) is 30.3 Å². The fourth-order valence-electron chi connectivity index (χ4n) is 3.10. The van der Waals surface area contributed by atoms with Crippen molar-refractivity contribution in [3.05, 3.63) is 64.2 Å². The highest BCUT2D eigenvalue weighted by atomic mass is 35.5. The molecule has 1 aliphatic heterocycles. The molecular weight excluding hydrogens is 392 g/mol. The SMILES string of the molecule is C[C@H]1Cn2cc(-c3ccnc(Cl)n3)nc2C(=O)N1Cc1ccc(F)c(Cl)c1. The summed E-state index contributed by atoms with van der Waals surface area (Å²) in [4.78, 5) is 27.1. The highest BCUT2D eigenvalue weighted by Gasteiger charge is 2.32. The number of halogens is 3. The van der Waals surface area contributed by atoms with E-state index in [9.17, 15) is 9.18 Å². The zero-order chi connectivity index (χ0) is 19.1. The second-order valence-corrected chi connectivity index (χ2v) is 7.09. The van der Waals surface area contributed by atoms with Gasteiger partial charge in [0.1, 0.15) is 11.5 Å². The Balaban J connectivity index is 1.64. The molecule has 0 saturated heterocycles. The molecule has 2 aromatic heterocycles. The van der Waals surface area contributed by atoms with Crippen molar-refractivity contribution < 1.29 is 9.18 Å². The molecule has 1 aliphatic rings. The van der Waals surface area contributed by atoms with Crippen molar-refractivity contribution in [3.8, 4) is 11.4 Å². The van der Waals surface area contributed by atoms with Gasteiger partial charge in [0.05, 0.1) is 10.7 Å². The summed E-state index contributed by atoms with van der Waals surface area (Å²) >= 11 is 11.7. The topological polar surface area (TPSA) is 63.9 Å². The van der Waals surface area contributed by atoms with Gasteiger partial charge in [-0.05, 0) is 42.3 Å². The van der Waals surface area contributed by atoms with E-state index in [1.54, 1.807) is 23.2 Å². The van der Waals surface area contributed by atoms with Gasteiger partial charge < -0.3 is 9.47 Å². The lowest BCUT2D eigenvalue weighted by atomic mass is 10.1. The van der Waals surface area contributed by atoms with Gasteiger partial charge in [-0.3, -0.25) is 4.79 Å². The van der Waals surface area contributed by atoms with Gasteiger partial charge in [-0.25, -0.2) is 19.3 Å². The van der Waals surface area contributed by atoms with Crippen molar-refractivity contribution in [2.45, 2.75) is 26.1 Å². The van der Waals surface area contributed by atoms with Crippen LogP contribution in [0.15, 0.2) is 36.7 Å². The Morgan fingerprint density at radius 2 is 2.04 bits per heavy atom. The Kier molecular flexibility index (Phi) is 4.57. The standard InChI is InChI=1S/C18H14Cl2FN5O/c1-10-7-25-9-15(14-4-5-22-18(20)24-14)23-16(25)17(27)26(10)8-11-2-3-13(21)12(19)6-11/h2-6,9-10H,7-8H2,1H3/t10-/m0/s1. The fraction of sp³-hybridized carbons (Fsp3) is 0.222. The quantitative estimate of drug-likeness (QED) is 0.621. The van der Waals surface area contributed by atoms with Crippen LogP contribution in [0.3, 0.4) is 0 Å². The number of rotatable bonds is 3. The lowest BCUT2D eigenvalue weighted by Gasteiger charge is -2.33. The van der Waals surface area contributed by atoms with Gasteiger partial charge in [0, 0.05) is 31.5 Å². The first-order chi connectivity index (χ1) is 12.9. The number of imidazole rings is 1. The van der Waals surface area contributed by atoms with Gasteiger partial charge in [-0.1, -0.05) is 17.7 Å². The Hall–Kier alpha value is -2.51. The Morgan fingerprint density at radius 1 is 1.22 bits per heavy atom. The van der Waals surface area contributed by atoms with Gasteiger partial charge in [-0.15, -0.1) is 0 Å². The van der Waals surface area contributed by atoms with Crippen molar-refractivity contribution in [3.63, 3.8) is 0 Å². The summed E-state index contributed by atoms with van der Waals surface area (Å²) in [6, 6.07) is 6.08. The number of benzene rings is 1. The third kappa shape index (κ3) is 3.40. The highest BCUT2D eigenvalue weighted by Crippen LogP contribution is 2.25. The molecular formula is C18H14Cl2FN5O. The van der Waals surface area contributed by atoms with E-state index in [-0.39, 0.29) is 22.3 Å². The maximum Gasteiger partial charge on any atom is 0.290 e. The largest absolute Gasteiger partial charge is 0.327 e. The minimum atomic E-state index is -0.484. The molecule has 138 valence electrons. The van der Waals surface area contributed by atoms with E-state index in [4.69, 9.17) is 23.2 Å². The highest BCUT2D eigenvalue weighted by molar-refractivity contribution is 6.30. The number of aromatic nitrogens is 4. The number of carbonyl (C=O) groups excluding carboxylic acids is 1. The summed E-state index contributed by atoms with van der Waals surface area (Å²) in [5.41, 5.74) is 1.86. The van der Waals surface area contributed by atoms with Gasteiger partial charge in [0.15, 0.2) is 5.82 Å². The molecule has 3 heterocycles. The Labute approximate surface area is 164 Å². The van der Waals surface area contributed by atoms with Crippen molar-refractivity contribution in [2.24, 2.45) is 0 Å². The van der Waals surface area contributed by atoms with Crippen molar-refractivity contribution in [2.75, 3.05) is 0 Å². The lowest BCUT2D eigenvalue weighted by molar-refractivity contribution is 0.0587. The first-order valence-corrected chi connectivity index (χ1v) is 8.99. The molecule has 0 N–H and O–H groups in total. The maximum atomic E-state index is 13.4. The second-order valence-electron chi connectivity index (χ2n) is 6.34. The normalized spacial score (nSPS) is 16.5. The molecule has 9 heteroatoms. The van der Waals surface area contributed by atoms with Crippen LogP contribution in [0.1, 0.15) is 23.1 Å². The molecule has 1 amide bonds. The molecule has 27 heavy (non-hydrogen) atoms. The maximum absolute atomic E-state index is 13.4. The van der Waals surface area contributed by atoms with Crippen LogP contribution in [0.25, 0.3) is 11.4 Å². The Morgan fingerprint density at radius 3 is 2.78 bits per heavy atom. The second kappa shape index (κ2) is 6.90. The third-order valence-electron chi connectivity index (χ3n) is 4.45. The molecule has 4 rings (SSSR count). The summed E-state index contributed by atoms with van der Waals surface area (Å²) in [6.07, 6.45) is 3.33. The molecule has 0 aliphatic carbocycles. The van der Waals surface area contributed by atoms with Crippen LogP contribution < -0.4 is 0 Å². The van der Waals surface area contributed by atoms with Gasteiger partial charge in [-0.2, -0.15) is 0 Å². The number of nitrogens with zero attached hydrogens (tertiary/aromatic N) is 5. The lowest BCUT2D eigenvalue weighted by Crippen LogP contribution is -2.46. The molecule has 3 aromatic rings. The molecule has 0 spiro atoms. The fourth-order valence-corrected chi connectivity index (χ4v) is 3.45. The number of fused-ring (bicyclic) bond motifs is 1. The molecule has 0 unspecified atom stereocenters.